The Balaban J connectivity index is 1.31. The van der Waals surface area contributed by atoms with E-state index in [-0.39, 0.29) is 11.9 Å². The number of fused-ring (bicyclic) bond motifs is 1. The van der Waals surface area contributed by atoms with E-state index in [4.69, 9.17) is 23.2 Å². The van der Waals surface area contributed by atoms with Gasteiger partial charge >= 0.3 is 0 Å². The fourth-order valence-electron chi connectivity index (χ4n) is 5.14. The lowest BCUT2D eigenvalue weighted by atomic mass is 10.0. The molecule has 7 heteroatoms. The van der Waals surface area contributed by atoms with Gasteiger partial charge in [0.05, 0.1) is 17.4 Å². The third kappa shape index (κ3) is 5.09. The normalized spacial score (nSPS) is 20.6. The Hall–Kier alpha value is -1.40. The first kappa shape index (κ1) is 24.3. The number of hydrogen-bond donors (Lipinski definition) is 0. The molecule has 1 amide bonds. The monoisotopic (exact) mass is 517 g/mol. The molecule has 3 aliphatic rings. The molecule has 2 aromatic rings. The van der Waals surface area contributed by atoms with Crippen LogP contribution in [0.3, 0.4) is 0 Å². The number of hydrogen-bond acceptors (Lipinski definition) is 4. The van der Waals surface area contributed by atoms with Gasteiger partial charge in [-0.2, -0.15) is 0 Å². The Labute approximate surface area is 217 Å². The summed E-state index contributed by atoms with van der Waals surface area (Å²) < 4.78 is 0. The summed E-state index contributed by atoms with van der Waals surface area (Å²) >= 11 is 15.1. The third-order valence-corrected chi connectivity index (χ3v) is 8.97. The number of halogens is 2. The van der Waals surface area contributed by atoms with Crippen molar-refractivity contribution in [1.82, 2.24) is 4.90 Å². The van der Waals surface area contributed by atoms with E-state index in [9.17, 15) is 4.79 Å². The van der Waals surface area contributed by atoms with Crippen LogP contribution in [0.1, 0.15) is 50.2 Å². The molecule has 0 N–H and O–H groups in total. The first-order valence-electron chi connectivity index (χ1n) is 12.5. The minimum absolute atomic E-state index is 0.149. The van der Waals surface area contributed by atoms with Crippen molar-refractivity contribution in [3.8, 4) is 0 Å². The molecule has 4 nitrogen and oxygen atoms in total. The Morgan fingerprint density at radius 2 is 1.76 bits per heavy atom. The largest absolute Gasteiger partial charge is 0.365 e. The minimum atomic E-state index is -0.149. The van der Waals surface area contributed by atoms with Crippen LogP contribution in [0, 0.1) is 0 Å². The number of anilines is 2. The Morgan fingerprint density at radius 1 is 1.03 bits per heavy atom. The highest BCUT2D eigenvalue weighted by Crippen LogP contribution is 2.41. The standard InChI is InChI=1S/C27H33Cl2N3OS/c1-2-3-4-7-19-14-23(29)20(15-22(19)28)16-30-18-34-17-26(30)27(33)32-13-12-31(21-10-11-21)24-8-5-6-9-25(24)32/h5-6,8-9,14-15,21,26H,2-4,7,10-13,16-18H2,1H3/t26-/m0/s1. The highest BCUT2D eigenvalue weighted by molar-refractivity contribution is 7.99. The molecule has 0 spiro atoms. The smallest absolute Gasteiger partial charge is 0.245 e. The summed E-state index contributed by atoms with van der Waals surface area (Å²) in [6, 6.07) is 12.9. The van der Waals surface area contributed by atoms with Crippen LogP contribution in [0.15, 0.2) is 36.4 Å². The minimum Gasteiger partial charge on any atom is -0.365 e. The average Bonchev–Trinajstić information content (AvgIpc) is 3.59. The fraction of sp³-hybridized carbons (Fsp3) is 0.519. The third-order valence-electron chi connectivity index (χ3n) is 7.20. The summed E-state index contributed by atoms with van der Waals surface area (Å²) in [6.45, 7) is 4.50. The predicted octanol–water partition coefficient (Wildman–Crippen LogP) is 6.62. The second kappa shape index (κ2) is 10.7. The van der Waals surface area contributed by atoms with Crippen LogP contribution in [0.2, 0.25) is 10.0 Å². The van der Waals surface area contributed by atoms with Crippen LogP contribution in [0.4, 0.5) is 11.4 Å². The molecule has 34 heavy (non-hydrogen) atoms. The fourth-order valence-corrected chi connectivity index (χ4v) is 6.86. The van der Waals surface area contributed by atoms with Gasteiger partial charge in [0.1, 0.15) is 0 Å². The van der Waals surface area contributed by atoms with Crippen LogP contribution < -0.4 is 9.80 Å². The average molecular weight is 519 g/mol. The lowest BCUT2D eigenvalue weighted by molar-refractivity contribution is -0.122. The molecule has 1 saturated heterocycles. The number of carbonyl (C=O) groups excluding carboxylic acids is 1. The SMILES string of the molecule is CCCCCc1cc(Cl)c(CN2CSC[C@H]2C(=O)N2CCN(C3CC3)c3ccccc32)cc1Cl. The van der Waals surface area contributed by atoms with Crippen molar-refractivity contribution in [2.75, 3.05) is 34.5 Å². The van der Waals surface area contributed by atoms with Gasteiger partial charge in [-0.1, -0.05) is 55.1 Å². The molecule has 2 aliphatic heterocycles. The summed E-state index contributed by atoms with van der Waals surface area (Å²) in [4.78, 5) is 20.6. The number of benzene rings is 2. The van der Waals surface area contributed by atoms with E-state index in [0.717, 1.165) is 64.4 Å². The van der Waals surface area contributed by atoms with Gasteiger partial charge < -0.3 is 9.80 Å². The van der Waals surface area contributed by atoms with Crippen LogP contribution in [0.5, 0.6) is 0 Å². The highest BCUT2D eigenvalue weighted by atomic mass is 35.5. The van der Waals surface area contributed by atoms with Gasteiger partial charge in [0.15, 0.2) is 0 Å². The molecule has 182 valence electrons. The van der Waals surface area contributed by atoms with Crippen LogP contribution in [-0.4, -0.2) is 47.6 Å². The van der Waals surface area contributed by atoms with Gasteiger partial charge in [0, 0.05) is 47.4 Å². The van der Waals surface area contributed by atoms with Gasteiger partial charge in [-0.15, -0.1) is 11.8 Å². The van der Waals surface area contributed by atoms with Crippen molar-refractivity contribution < 1.29 is 4.79 Å². The number of carbonyl (C=O) groups is 1. The van der Waals surface area contributed by atoms with E-state index >= 15 is 0 Å². The van der Waals surface area contributed by atoms with Gasteiger partial charge in [-0.25, -0.2) is 0 Å². The first-order valence-corrected chi connectivity index (χ1v) is 14.4. The molecule has 1 atom stereocenters. The van der Waals surface area contributed by atoms with Crippen LogP contribution in [0.25, 0.3) is 0 Å². The van der Waals surface area contributed by atoms with E-state index < -0.39 is 0 Å². The predicted molar refractivity (Wildman–Crippen MR) is 146 cm³/mol. The van der Waals surface area contributed by atoms with E-state index in [1.165, 1.54) is 31.4 Å². The summed E-state index contributed by atoms with van der Waals surface area (Å²) in [5.74, 6) is 1.84. The van der Waals surface area contributed by atoms with Crippen LogP contribution in [-0.2, 0) is 17.8 Å². The molecular formula is C27H33Cl2N3OS. The number of thioether (sulfide) groups is 1. The maximum absolute atomic E-state index is 13.8. The Kier molecular flexibility index (Phi) is 7.64. The van der Waals surface area contributed by atoms with Crippen molar-refractivity contribution in [1.29, 1.82) is 0 Å². The molecule has 2 heterocycles. The first-order chi connectivity index (χ1) is 16.6. The van der Waals surface area contributed by atoms with E-state index in [1.807, 2.05) is 34.9 Å². The molecule has 1 saturated carbocycles. The van der Waals surface area contributed by atoms with Gasteiger partial charge in [-0.3, -0.25) is 9.69 Å². The van der Waals surface area contributed by atoms with Gasteiger partial charge in [0.2, 0.25) is 5.91 Å². The lowest BCUT2D eigenvalue weighted by Gasteiger charge is -2.39. The molecule has 5 rings (SSSR count). The Bertz CT molecular complexity index is 1040. The topological polar surface area (TPSA) is 26.8 Å². The second-order valence-electron chi connectivity index (χ2n) is 9.66. The number of unbranched alkanes of at least 4 members (excludes halogenated alkanes) is 2. The zero-order valence-corrected chi connectivity index (χ0v) is 22.1. The number of rotatable bonds is 8. The molecule has 2 aromatic carbocycles. The zero-order chi connectivity index (χ0) is 23.7. The molecule has 0 bridgehead atoms. The Morgan fingerprint density at radius 3 is 2.53 bits per heavy atom. The summed E-state index contributed by atoms with van der Waals surface area (Å²) in [7, 11) is 0. The molecular weight excluding hydrogens is 485 g/mol. The number of para-hydroxylation sites is 2. The lowest BCUT2D eigenvalue weighted by Crippen LogP contribution is -2.52. The van der Waals surface area contributed by atoms with Crippen molar-refractivity contribution in [3.05, 3.63) is 57.6 Å². The number of nitrogens with zero attached hydrogens (tertiary/aromatic N) is 3. The van der Waals surface area contributed by atoms with E-state index in [1.54, 1.807) is 0 Å². The van der Waals surface area contributed by atoms with Crippen molar-refractivity contribution in [2.45, 2.75) is 64.1 Å². The van der Waals surface area contributed by atoms with Gasteiger partial charge in [0.25, 0.3) is 0 Å². The van der Waals surface area contributed by atoms with E-state index in [2.05, 4.69) is 34.9 Å². The highest BCUT2D eigenvalue weighted by Gasteiger charge is 2.39. The number of aryl methyl sites for hydroxylation is 1. The second-order valence-corrected chi connectivity index (χ2v) is 11.5. The van der Waals surface area contributed by atoms with E-state index in [0.29, 0.717) is 12.6 Å². The summed E-state index contributed by atoms with van der Waals surface area (Å²) in [6.07, 6.45) is 6.99. The summed E-state index contributed by atoms with van der Waals surface area (Å²) in [5, 5.41) is 1.54. The van der Waals surface area contributed by atoms with Crippen LogP contribution >= 0.6 is 35.0 Å². The molecule has 2 fully saturated rings. The van der Waals surface area contributed by atoms with Crippen molar-refractivity contribution in [2.24, 2.45) is 0 Å². The van der Waals surface area contributed by atoms with Crippen molar-refractivity contribution >= 4 is 52.2 Å². The molecule has 0 radical (unpaired) electrons. The maximum Gasteiger partial charge on any atom is 0.245 e. The molecule has 1 aliphatic carbocycles. The van der Waals surface area contributed by atoms with Gasteiger partial charge in [-0.05, 0) is 61.1 Å². The summed E-state index contributed by atoms with van der Waals surface area (Å²) in [5.41, 5.74) is 4.39. The zero-order valence-electron chi connectivity index (χ0n) is 19.8. The maximum atomic E-state index is 13.8. The molecule has 0 unspecified atom stereocenters. The van der Waals surface area contributed by atoms with Crippen molar-refractivity contribution in [3.63, 3.8) is 0 Å². The number of amides is 1. The quantitative estimate of drug-likeness (QED) is 0.367. The molecule has 0 aromatic heterocycles.